The standard InChI is InChI=1S/C11H18N2OS/c12-10(15)5-11(14)13-6-9-4-7-1-2-8(9)3-7/h7-9H,1-6H2,(H2,12,15)(H,13,14). The molecule has 3 unspecified atom stereocenters. The maximum atomic E-state index is 11.3. The van der Waals surface area contributed by atoms with Crippen LogP contribution in [0.15, 0.2) is 0 Å². The van der Waals surface area contributed by atoms with E-state index in [0.29, 0.717) is 5.92 Å². The smallest absolute Gasteiger partial charge is 0.226 e. The number of hydrogen-bond donors (Lipinski definition) is 2. The molecule has 2 fully saturated rings. The van der Waals surface area contributed by atoms with Crippen LogP contribution in [0.4, 0.5) is 0 Å². The van der Waals surface area contributed by atoms with Gasteiger partial charge in [0.1, 0.15) is 0 Å². The van der Waals surface area contributed by atoms with E-state index >= 15 is 0 Å². The highest BCUT2D eigenvalue weighted by atomic mass is 32.1. The van der Waals surface area contributed by atoms with Crippen molar-refractivity contribution in [2.24, 2.45) is 23.5 Å². The summed E-state index contributed by atoms with van der Waals surface area (Å²) in [5.74, 6) is 2.48. The molecule has 84 valence electrons. The lowest BCUT2D eigenvalue weighted by molar-refractivity contribution is -0.120. The van der Waals surface area contributed by atoms with E-state index < -0.39 is 0 Å². The van der Waals surface area contributed by atoms with Crippen LogP contribution in [0.25, 0.3) is 0 Å². The Morgan fingerprint density at radius 3 is 2.73 bits per heavy atom. The predicted octanol–water partition coefficient (Wildman–Crippen LogP) is 1.21. The summed E-state index contributed by atoms with van der Waals surface area (Å²) in [5.41, 5.74) is 5.31. The van der Waals surface area contributed by atoms with Crippen LogP contribution in [0.1, 0.15) is 32.1 Å². The molecule has 0 aromatic rings. The van der Waals surface area contributed by atoms with Gasteiger partial charge in [0.2, 0.25) is 5.91 Å². The molecule has 2 rings (SSSR count). The molecule has 0 spiro atoms. The fraction of sp³-hybridized carbons (Fsp3) is 0.818. The van der Waals surface area contributed by atoms with E-state index in [4.69, 9.17) is 18.0 Å². The number of nitrogens with two attached hydrogens (primary N) is 1. The molecule has 0 heterocycles. The van der Waals surface area contributed by atoms with Gasteiger partial charge in [-0.15, -0.1) is 0 Å². The lowest BCUT2D eigenvalue weighted by Crippen LogP contribution is -2.33. The summed E-state index contributed by atoms with van der Waals surface area (Å²) in [7, 11) is 0. The van der Waals surface area contributed by atoms with Crippen LogP contribution in [0.5, 0.6) is 0 Å². The number of thiocarbonyl (C=S) groups is 1. The van der Waals surface area contributed by atoms with Gasteiger partial charge in [0, 0.05) is 6.54 Å². The van der Waals surface area contributed by atoms with Gasteiger partial charge in [-0.1, -0.05) is 18.6 Å². The van der Waals surface area contributed by atoms with Crippen molar-refractivity contribution in [2.75, 3.05) is 6.54 Å². The summed E-state index contributed by atoms with van der Waals surface area (Å²) in [6, 6.07) is 0. The average molecular weight is 226 g/mol. The van der Waals surface area contributed by atoms with Crippen molar-refractivity contribution in [3.63, 3.8) is 0 Å². The van der Waals surface area contributed by atoms with Crippen LogP contribution in [0.2, 0.25) is 0 Å². The molecule has 2 saturated carbocycles. The zero-order valence-electron chi connectivity index (χ0n) is 8.87. The molecule has 1 amide bonds. The van der Waals surface area contributed by atoms with Gasteiger partial charge in [0.25, 0.3) is 0 Å². The largest absolute Gasteiger partial charge is 0.393 e. The van der Waals surface area contributed by atoms with Crippen LogP contribution >= 0.6 is 12.2 Å². The fourth-order valence-electron chi connectivity index (χ4n) is 3.09. The van der Waals surface area contributed by atoms with E-state index in [1.165, 1.54) is 25.7 Å². The third-order valence-corrected chi connectivity index (χ3v) is 3.93. The topological polar surface area (TPSA) is 55.1 Å². The number of carbonyl (C=O) groups excluding carboxylic acids is 1. The lowest BCUT2D eigenvalue weighted by Gasteiger charge is -2.21. The van der Waals surface area contributed by atoms with Crippen molar-refractivity contribution in [3.8, 4) is 0 Å². The summed E-state index contributed by atoms with van der Waals surface area (Å²) < 4.78 is 0. The second kappa shape index (κ2) is 4.47. The van der Waals surface area contributed by atoms with E-state index in [-0.39, 0.29) is 17.3 Å². The first-order chi connectivity index (χ1) is 7.15. The normalized spacial score (nSPS) is 32.9. The second-order valence-corrected chi connectivity index (χ2v) is 5.41. The molecule has 0 aromatic carbocycles. The summed E-state index contributed by atoms with van der Waals surface area (Å²) >= 11 is 4.69. The fourth-order valence-corrected chi connectivity index (χ4v) is 3.22. The Balaban J connectivity index is 1.70. The van der Waals surface area contributed by atoms with Crippen molar-refractivity contribution in [3.05, 3.63) is 0 Å². The van der Waals surface area contributed by atoms with Crippen molar-refractivity contribution < 1.29 is 4.79 Å². The van der Waals surface area contributed by atoms with Crippen LogP contribution in [0.3, 0.4) is 0 Å². The van der Waals surface area contributed by atoms with E-state index in [9.17, 15) is 4.79 Å². The summed E-state index contributed by atoms with van der Waals surface area (Å²) in [6.07, 6.45) is 5.65. The molecule has 2 bridgehead atoms. The molecule has 0 aromatic heterocycles. The maximum absolute atomic E-state index is 11.3. The van der Waals surface area contributed by atoms with Gasteiger partial charge < -0.3 is 11.1 Å². The molecule has 3 N–H and O–H groups in total. The highest BCUT2D eigenvalue weighted by molar-refractivity contribution is 7.80. The Kier molecular flexibility index (Phi) is 3.24. The predicted molar refractivity (Wildman–Crippen MR) is 63.4 cm³/mol. The van der Waals surface area contributed by atoms with Gasteiger partial charge in [-0.3, -0.25) is 4.79 Å². The first-order valence-electron chi connectivity index (χ1n) is 5.70. The van der Waals surface area contributed by atoms with Crippen molar-refractivity contribution >= 4 is 23.1 Å². The van der Waals surface area contributed by atoms with Crippen LogP contribution in [-0.4, -0.2) is 17.4 Å². The molecule has 15 heavy (non-hydrogen) atoms. The monoisotopic (exact) mass is 226 g/mol. The van der Waals surface area contributed by atoms with E-state index in [1.54, 1.807) is 0 Å². The molecular weight excluding hydrogens is 208 g/mol. The lowest BCUT2D eigenvalue weighted by atomic mass is 9.89. The first kappa shape index (κ1) is 10.9. The highest BCUT2D eigenvalue weighted by Crippen LogP contribution is 2.47. The zero-order valence-corrected chi connectivity index (χ0v) is 9.69. The van der Waals surface area contributed by atoms with Crippen molar-refractivity contribution in [1.82, 2.24) is 5.32 Å². The summed E-state index contributed by atoms with van der Waals surface area (Å²) in [5, 5.41) is 2.93. The van der Waals surface area contributed by atoms with Gasteiger partial charge in [-0.2, -0.15) is 0 Å². The van der Waals surface area contributed by atoms with Crippen LogP contribution in [-0.2, 0) is 4.79 Å². The molecule has 3 atom stereocenters. The minimum atomic E-state index is -0.0229. The van der Waals surface area contributed by atoms with Gasteiger partial charge in [-0.25, -0.2) is 0 Å². The summed E-state index contributed by atoms with van der Waals surface area (Å²) in [4.78, 5) is 11.6. The minimum absolute atomic E-state index is 0.0229. The number of nitrogens with one attached hydrogen (secondary N) is 1. The molecule has 3 nitrogen and oxygen atoms in total. The minimum Gasteiger partial charge on any atom is -0.393 e. The first-order valence-corrected chi connectivity index (χ1v) is 6.11. The highest BCUT2D eigenvalue weighted by Gasteiger charge is 2.39. The number of amides is 1. The molecule has 0 aliphatic heterocycles. The second-order valence-electron chi connectivity index (χ2n) is 4.88. The number of fused-ring (bicyclic) bond motifs is 2. The molecule has 0 radical (unpaired) electrons. The SMILES string of the molecule is NC(=S)CC(=O)NCC1CC2CCC1C2. The Labute approximate surface area is 95.8 Å². The number of rotatable bonds is 4. The van der Waals surface area contributed by atoms with Crippen molar-refractivity contribution in [1.29, 1.82) is 0 Å². The molecule has 4 heteroatoms. The maximum Gasteiger partial charge on any atom is 0.226 e. The Hall–Kier alpha value is -0.640. The molecule has 0 saturated heterocycles. The Morgan fingerprint density at radius 1 is 1.40 bits per heavy atom. The number of carbonyl (C=O) groups is 1. The Morgan fingerprint density at radius 2 is 2.20 bits per heavy atom. The van der Waals surface area contributed by atoms with Gasteiger partial charge in [-0.05, 0) is 37.0 Å². The van der Waals surface area contributed by atoms with Crippen molar-refractivity contribution in [2.45, 2.75) is 32.1 Å². The van der Waals surface area contributed by atoms with Crippen LogP contribution in [0, 0.1) is 17.8 Å². The quantitative estimate of drug-likeness (QED) is 0.709. The van der Waals surface area contributed by atoms with E-state index in [1.807, 2.05) is 0 Å². The summed E-state index contributed by atoms with van der Waals surface area (Å²) in [6.45, 7) is 0.822. The molecular formula is C11H18N2OS. The van der Waals surface area contributed by atoms with E-state index in [2.05, 4.69) is 5.32 Å². The number of hydrogen-bond acceptors (Lipinski definition) is 2. The van der Waals surface area contributed by atoms with Gasteiger partial charge in [0.15, 0.2) is 0 Å². The van der Waals surface area contributed by atoms with Gasteiger partial charge >= 0.3 is 0 Å². The molecule has 2 aliphatic carbocycles. The average Bonchev–Trinajstić information content (AvgIpc) is 2.74. The third-order valence-electron chi connectivity index (χ3n) is 3.78. The third kappa shape index (κ3) is 2.68. The van der Waals surface area contributed by atoms with Crippen LogP contribution < -0.4 is 11.1 Å². The molecule has 2 aliphatic rings. The van der Waals surface area contributed by atoms with E-state index in [0.717, 1.165) is 18.4 Å². The van der Waals surface area contributed by atoms with Gasteiger partial charge in [0.05, 0.1) is 11.4 Å². The zero-order chi connectivity index (χ0) is 10.8. The Bertz CT molecular complexity index is 280.